The molecule has 0 N–H and O–H groups in total. The van der Waals surface area contributed by atoms with Gasteiger partial charge in [0.1, 0.15) is 5.52 Å². The number of fused-ring (bicyclic) bond motifs is 6. The number of oxazole rings is 1. The first-order valence-electron chi connectivity index (χ1n) is 19.3. The van der Waals surface area contributed by atoms with Crippen molar-refractivity contribution in [3.63, 3.8) is 0 Å². The molecule has 57 heavy (non-hydrogen) atoms. The molecule has 4 nitrogen and oxygen atoms in total. The molecule has 0 fully saturated rings. The van der Waals surface area contributed by atoms with E-state index in [1.807, 2.05) is 36.4 Å². The van der Waals surface area contributed by atoms with Gasteiger partial charge in [-0.25, -0.2) is 4.98 Å². The van der Waals surface area contributed by atoms with Gasteiger partial charge in [-0.2, -0.15) is 0 Å². The van der Waals surface area contributed by atoms with Crippen molar-refractivity contribution in [1.82, 2.24) is 9.55 Å². The molecule has 0 spiro atoms. The average Bonchev–Trinajstić information content (AvgIpc) is 3.88. The molecule has 268 valence electrons. The molecule has 0 amide bonds. The Morgan fingerprint density at radius 2 is 0.947 bits per heavy atom. The fraction of sp³-hybridized carbons (Fsp3) is 0. The maximum Gasteiger partial charge on any atom is 0.227 e. The molecule has 0 aliphatic rings. The summed E-state index contributed by atoms with van der Waals surface area (Å²) in [5, 5.41) is 4.71. The van der Waals surface area contributed by atoms with Gasteiger partial charge in [-0.05, 0) is 113 Å². The Kier molecular flexibility index (Phi) is 7.78. The van der Waals surface area contributed by atoms with Crippen molar-refractivity contribution in [2.75, 3.05) is 4.90 Å². The summed E-state index contributed by atoms with van der Waals surface area (Å²) in [4.78, 5) is 7.25. The first-order chi connectivity index (χ1) is 28.2. The zero-order valence-corrected chi connectivity index (χ0v) is 31.0. The maximum atomic E-state index is 6.16. The fourth-order valence-electron chi connectivity index (χ4n) is 8.26. The second-order valence-electron chi connectivity index (χ2n) is 14.4. The van der Waals surface area contributed by atoms with Crippen LogP contribution in [0.2, 0.25) is 0 Å². The van der Waals surface area contributed by atoms with Crippen LogP contribution in [-0.4, -0.2) is 9.55 Å². The molecule has 0 saturated carbocycles. The van der Waals surface area contributed by atoms with Crippen LogP contribution < -0.4 is 4.90 Å². The summed E-state index contributed by atoms with van der Waals surface area (Å²) in [6.45, 7) is 0. The monoisotopic (exact) mass is 729 g/mol. The molecule has 0 radical (unpaired) electrons. The van der Waals surface area contributed by atoms with E-state index in [9.17, 15) is 0 Å². The Morgan fingerprint density at radius 1 is 0.386 bits per heavy atom. The molecule has 0 unspecified atom stereocenters. The largest absolute Gasteiger partial charge is 0.436 e. The predicted octanol–water partition coefficient (Wildman–Crippen LogP) is 14.5. The molecular weight excluding hydrogens is 695 g/mol. The summed E-state index contributed by atoms with van der Waals surface area (Å²) >= 11 is 0. The number of aromatic nitrogens is 2. The topological polar surface area (TPSA) is 34.2 Å². The predicted molar refractivity (Wildman–Crippen MR) is 237 cm³/mol. The minimum atomic E-state index is 0.637. The van der Waals surface area contributed by atoms with Crippen molar-refractivity contribution < 1.29 is 4.42 Å². The number of nitrogens with zero attached hydrogens (tertiary/aromatic N) is 3. The van der Waals surface area contributed by atoms with E-state index in [4.69, 9.17) is 9.40 Å². The molecule has 0 bridgehead atoms. The highest BCUT2D eigenvalue weighted by Crippen LogP contribution is 2.40. The van der Waals surface area contributed by atoms with Gasteiger partial charge in [0.05, 0.1) is 11.0 Å². The number of rotatable bonds is 7. The summed E-state index contributed by atoms with van der Waals surface area (Å²) in [7, 11) is 0. The van der Waals surface area contributed by atoms with E-state index < -0.39 is 0 Å². The smallest absolute Gasteiger partial charge is 0.227 e. The van der Waals surface area contributed by atoms with Crippen LogP contribution in [0, 0.1) is 0 Å². The highest BCUT2D eigenvalue weighted by Gasteiger charge is 2.17. The van der Waals surface area contributed by atoms with E-state index >= 15 is 0 Å². The lowest BCUT2D eigenvalue weighted by Crippen LogP contribution is -2.10. The first kappa shape index (κ1) is 32.7. The maximum absolute atomic E-state index is 6.16. The van der Waals surface area contributed by atoms with Crippen molar-refractivity contribution in [2.45, 2.75) is 0 Å². The number of anilines is 3. The van der Waals surface area contributed by atoms with Gasteiger partial charge in [-0.15, -0.1) is 0 Å². The Bertz CT molecular complexity index is 3160. The SMILES string of the molecule is c1ccc(-c2cccc(N(c3ccc(-c4ccc5c(ccc6oc(-c7ccccc7)nc65)c4)cc3)c3ccc(-n4c5ccccc5c5ccccc54)cc3)c2)cc1. The third kappa shape index (κ3) is 5.74. The van der Waals surface area contributed by atoms with Gasteiger partial charge in [0.25, 0.3) is 0 Å². The van der Waals surface area contributed by atoms with Gasteiger partial charge in [-0.3, -0.25) is 0 Å². The van der Waals surface area contributed by atoms with Crippen LogP contribution in [0.1, 0.15) is 0 Å². The van der Waals surface area contributed by atoms with E-state index in [1.165, 1.54) is 32.9 Å². The van der Waals surface area contributed by atoms with Crippen molar-refractivity contribution in [1.29, 1.82) is 0 Å². The molecule has 2 heterocycles. The molecule has 11 rings (SSSR count). The Balaban J connectivity index is 0.978. The highest BCUT2D eigenvalue weighted by molar-refractivity contribution is 6.09. The lowest BCUT2D eigenvalue weighted by atomic mass is 10.00. The summed E-state index contributed by atoms with van der Waals surface area (Å²) in [5.41, 5.74) is 14.1. The Hall–Kier alpha value is -7.69. The van der Waals surface area contributed by atoms with Crippen molar-refractivity contribution in [3.05, 3.63) is 212 Å². The van der Waals surface area contributed by atoms with Gasteiger partial charge in [0.2, 0.25) is 5.89 Å². The second-order valence-corrected chi connectivity index (χ2v) is 14.4. The third-order valence-corrected chi connectivity index (χ3v) is 11.0. The molecule has 2 aromatic heterocycles. The number of hydrogen-bond donors (Lipinski definition) is 0. The quantitative estimate of drug-likeness (QED) is 0.164. The van der Waals surface area contributed by atoms with Crippen LogP contribution >= 0.6 is 0 Å². The molecule has 0 atom stereocenters. The molecule has 0 aliphatic carbocycles. The zero-order valence-electron chi connectivity index (χ0n) is 31.0. The average molecular weight is 730 g/mol. The standard InChI is InChI=1S/C53H35N3O/c1-3-12-36(13-4-1)39-16-11-17-45(35-39)55(43-28-30-44(31-29-43)56-49-20-9-7-18-47(49)48-19-8-10-21-50(48)56)42-26-22-37(23-27-42)40-24-32-46-41(34-40)25-33-51-52(46)54-53(57-51)38-14-5-2-6-15-38/h1-35H. The Morgan fingerprint density at radius 3 is 1.65 bits per heavy atom. The van der Waals surface area contributed by atoms with Gasteiger partial charge in [0, 0.05) is 44.5 Å². The summed E-state index contributed by atoms with van der Waals surface area (Å²) in [6, 6.07) is 75.3. The summed E-state index contributed by atoms with van der Waals surface area (Å²) < 4.78 is 8.52. The highest BCUT2D eigenvalue weighted by atomic mass is 16.3. The lowest BCUT2D eigenvalue weighted by molar-refractivity contribution is 0.620. The van der Waals surface area contributed by atoms with Crippen LogP contribution in [0.5, 0.6) is 0 Å². The number of benzene rings is 9. The second kappa shape index (κ2) is 13.6. The van der Waals surface area contributed by atoms with Crippen LogP contribution in [0.25, 0.3) is 83.1 Å². The van der Waals surface area contributed by atoms with Gasteiger partial charge in [-0.1, -0.05) is 127 Å². The molecule has 0 saturated heterocycles. The van der Waals surface area contributed by atoms with Crippen molar-refractivity contribution >= 4 is 60.7 Å². The van der Waals surface area contributed by atoms with Crippen LogP contribution in [0.3, 0.4) is 0 Å². The molecule has 9 aromatic carbocycles. The summed E-state index contributed by atoms with van der Waals surface area (Å²) in [6.07, 6.45) is 0. The van der Waals surface area contributed by atoms with Gasteiger partial charge in [0.15, 0.2) is 5.58 Å². The normalized spacial score (nSPS) is 11.5. The van der Waals surface area contributed by atoms with Crippen LogP contribution in [-0.2, 0) is 0 Å². The minimum absolute atomic E-state index is 0.637. The molecule has 11 aromatic rings. The third-order valence-electron chi connectivity index (χ3n) is 11.0. The van der Waals surface area contributed by atoms with E-state index in [1.54, 1.807) is 0 Å². The minimum Gasteiger partial charge on any atom is -0.436 e. The fourth-order valence-corrected chi connectivity index (χ4v) is 8.26. The van der Waals surface area contributed by atoms with E-state index in [-0.39, 0.29) is 0 Å². The van der Waals surface area contributed by atoms with E-state index in [0.717, 1.165) is 61.3 Å². The number of para-hydroxylation sites is 2. The zero-order chi connectivity index (χ0) is 37.7. The lowest BCUT2D eigenvalue weighted by Gasteiger charge is -2.26. The van der Waals surface area contributed by atoms with E-state index in [0.29, 0.717) is 5.89 Å². The molecular formula is C53H35N3O. The van der Waals surface area contributed by atoms with E-state index in [2.05, 4.69) is 185 Å². The van der Waals surface area contributed by atoms with Crippen molar-refractivity contribution in [2.24, 2.45) is 0 Å². The van der Waals surface area contributed by atoms with Crippen LogP contribution in [0.15, 0.2) is 217 Å². The van der Waals surface area contributed by atoms with Crippen LogP contribution in [0.4, 0.5) is 17.1 Å². The first-order valence-corrected chi connectivity index (χ1v) is 19.3. The summed E-state index contributed by atoms with van der Waals surface area (Å²) in [5.74, 6) is 0.637. The molecule has 4 heteroatoms. The molecule has 0 aliphatic heterocycles. The van der Waals surface area contributed by atoms with Gasteiger partial charge >= 0.3 is 0 Å². The van der Waals surface area contributed by atoms with Gasteiger partial charge < -0.3 is 13.9 Å². The van der Waals surface area contributed by atoms with Crippen molar-refractivity contribution in [3.8, 4) is 39.4 Å². The Labute approximate surface area is 330 Å². The number of hydrogen-bond acceptors (Lipinski definition) is 3.